The van der Waals surface area contributed by atoms with Gasteiger partial charge < -0.3 is 10.3 Å². The molecule has 0 bridgehead atoms. The first kappa shape index (κ1) is 15.2. The maximum Gasteiger partial charge on any atom is 0.256 e. The van der Waals surface area contributed by atoms with Crippen molar-refractivity contribution in [3.8, 4) is 10.7 Å². The molecule has 2 aromatic rings. The largest absolute Gasteiger partial charge is 0.365 e. The Morgan fingerprint density at radius 3 is 2.67 bits per heavy atom. The summed E-state index contributed by atoms with van der Waals surface area (Å²) in [5, 5.41) is 8.57. The molecule has 0 unspecified atom stereocenters. The molecule has 0 atom stereocenters. The van der Waals surface area contributed by atoms with Gasteiger partial charge in [0.15, 0.2) is 5.69 Å². The molecule has 0 spiro atoms. The summed E-state index contributed by atoms with van der Waals surface area (Å²) in [7, 11) is 0. The van der Waals surface area contributed by atoms with E-state index >= 15 is 0 Å². The number of anilines is 1. The number of rotatable bonds is 4. The predicted molar refractivity (Wildman–Crippen MR) is 78.8 cm³/mol. The molecule has 0 radical (unpaired) electrons. The van der Waals surface area contributed by atoms with Gasteiger partial charge in [-0.05, 0) is 5.41 Å². The lowest BCUT2D eigenvalue weighted by Gasteiger charge is -2.16. The number of amides is 2. The van der Waals surface area contributed by atoms with Crippen LogP contribution in [0.25, 0.3) is 10.7 Å². The van der Waals surface area contributed by atoms with Crippen LogP contribution in [0.5, 0.6) is 0 Å². The molecular weight excluding hydrogens is 292 g/mol. The number of carbonyl (C=O) groups is 2. The topological polar surface area (TPSA) is 111 Å². The van der Waals surface area contributed by atoms with Gasteiger partial charge in [-0.15, -0.1) is 11.3 Å². The minimum atomic E-state index is -0.729. The number of hydrogen-bond acceptors (Lipinski definition) is 6. The zero-order valence-corrected chi connectivity index (χ0v) is 12.8. The van der Waals surface area contributed by atoms with Gasteiger partial charge in [-0.25, -0.2) is 4.98 Å². The first-order valence-corrected chi connectivity index (χ1v) is 7.15. The highest BCUT2D eigenvalue weighted by atomic mass is 32.1. The number of nitrogens with two attached hydrogens (primary N) is 1. The first-order valence-electron chi connectivity index (χ1n) is 6.27. The zero-order chi connectivity index (χ0) is 15.6. The van der Waals surface area contributed by atoms with Crippen LogP contribution in [0, 0.1) is 5.41 Å². The predicted octanol–water partition coefficient (Wildman–Crippen LogP) is 2.27. The number of primary amides is 1. The van der Waals surface area contributed by atoms with Crippen LogP contribution in [-0.4, -0.2) is 22.0 Å². The Labute approximate surface area is 125 Å². The van der Waals surface area contributed by atoms with E-state index in [1.165, 1.54) is 11.3 Å². The van der Waals surface area contributed by atoms with Gasteiger partial charge >= 0.3 is 0 Å². The Bertz CT molecular complexity index is 656. The number of aromatic nitrogens is 2. The lowest BCUT2D eigenvalue weighted by atomic mass is 9.92. The van der Waals surface area contributed by atoms with E-state index in [9.17, 15) is 9.59 Å². The lowest BCUT2D eigenvalue weighted by Crippen LogP contribution is -2.21. The standard InChI is InChI=1S/C13H16N4O3S/c1-13(2,3)6-7(18)16-11-8(10(14)19)9(17-20-11)12-15-4-5-21-12/h4-5H,6H2,1-3H3,(H2,14,19)(H,16,18). The van der Waals surface area contributed by atoms with E-state index in [-0.39, 0.29) is 34.9 Å². The van der Waals surface area contributed by atoms with Crippen LogP contribution in [0.15, 0.2) is 16.1 Å². The fraction of sp³-hybridized carbons (Fsp3) is 0.385. The molecule has 2 rings (SSSR count). The molecule has 0 fully saturated rings. The van der Waals surface area contributed by atoms with Crippen LogP contribution in [0.2, 0.25) is 0 Å². The third-order valence-corrected chi connectivity index (χ3v) is 3.30. The maximum atomic E-state index is 11.9. The molecule has 21 heavy (non-hydrogen) atoms. The third kappa shape index (κ3) is 3.66. The smallest absolute Gasteiger partial charge is 0.256 e. The summed E-state index contributed by atoms with van der Waals surface area (Å²) in [5.74, 6) is -1.04. The molecule has 8 heteroatoms. The number of nitrogens with one attached hydrogen (secondary N) is 1. The summed E-state index contributed by atoms with van der Waals surface area (Å²) in [6.07, 6.45) is 1.86. The van der Waals surface area contributed by atoms with Gasteiger partial charge in [-0.2, -0.15) is 0 Å². The van der Waals surface area contributed by atoms with E-state index in [4.69, 9.17) is 10.3 Å². The van der Waals surface area contributed by atoms with Gasteiger partial charge in [-0.1, -0.05) is 25.9 Å². The molecule has 0 saturated carbocycles. The molecule has 2 amide bonds. The van der Waals surface area contributed by atoms with Crippen LogP contribution < -0.4 is 11.1 Å². The molecule has 2 aromatic heterocycles. The third-order valence-electron chi connectivity index (χ3n) is 2.52. The first-order chi connectivity index (χ1) is 9.78. The van der Waals surface area contributed by atoms with Gasteiger partial charge in [0.05, 0.1) is 0 Å². The van der Waals surface area contributed by atoms with Gasteiger partial charge in [0, 0.05) is 18.0 Å². The van der Waals surface area contributed by atoms with Crippen molar-refractivity contribution in [2.45, 2.75) is 27.2 Å². The van der Waals surface area contributed by atoms with Crippen molar-refractivity contribution in [3.05, 3.63) is 17.1 Å². The van der Waals surface area contributed by atoms with Gasteiger partial charge in [0.2, 0.25) is 11.8 Å². The fourth-order valence-electron chi connectivity index (χ4n) is 1.74. The van der Waals surface area contributed by atoms with Crippen molar-refractivity contribution in [2.24, 2.45) is 11.1 Å². The number of hydrogen-bond donors (Lipinski definition) is 2. The molecule has 112 valence electrons. The molecule has 0 aliphatic carbocycles. The summed E-state index contributed by atoms with van der Waals surface area (Å²) in [4.78, 5) is 27.6. The molecule has 0 aliphatic heterocycles. The Morgan fingerprint density at radius 1 is 1.43 bits per heavy atom. The van der Waals surface area contributed by atoms with Crippen LogP contribution in [0.4, 0.5) is 5.88 Å². The van der Waals surface area contributed by atoms with Gasteiger partial charge in [0.25, 0.3) is 5.91 Å². The molecular formula is C13H16N4O3S. The van der Waals surface area contributed by atoms with Crippen molar-refractivity contribution >= 4 is 29.0 Å². The van der Waals surface area contributed by atoms with Crippen LogP contribution in [-0.2, 0) is 4.79 Å². The summed E-state index contributed by atoms with van der Waals surface area (Å²) in [6.45, 7) is 5.80. The van der Waals surface area contributed by atoms with Gasteiger partial charge in [0.1, 0.15) is 10.6 Å². The zero-order valence-electron chi connectivity index (χ0n) is 12.0. The normalized spacial score (nSPS) is 11.4. The molecule has 0 saturated heterocycles. The number of carbonyl (C=O) groups excluding carboxylic acids is 2. The highest BCUT2D eigenvalue weighted by molar-refractivity contribution is 7.13. The van der Waals surface area contributed by atoms with E-state index in [0.717, 1.165) is 0 Å². The average Bonchev–Trinajstić information content (AvgIpc) is 2.93. The van der Waals surface area contributed by atoms with E-state index in [2.05, 4.69) is 15.5 Å². The summed E-state index contributed by atoms with van der Waals surface area (Å²) < 4.78 is 5.05. The number of nitrogens with zero attached hydrogens (tertiary/aromatic N) is 2. The Balaban J connectivity index is 2.29. The summed E-state index contributed by atoms with van der Waals surface area (Å²) in [6, 6.07) is 0. The Hall–Kier alpha value is -2.22. The second kappa shape index (κ2) is 5.65. The quantitative estimate of drug-likeness (QED) is 0.900. The maximum absolute atomic E-state index is 11.9. The molecule has 0 aromatic carbocycles. The summed E-state index contributed by atoms with van der Waals surface area (Å²) >= 11 is 1.30. The molecule has 2 heterocycles. The van der Waals surface area contributed by atoms with Crippen molar-refractivity contribution in [3.63, 3.8) is 0 Å². The molecule has 3 N–H and O–H groups in total. The van der Waals surface area contributed by atoms with Crippen molar-refractivity contribution in [1.82, 2.24) is 10.1 Å². The SMILES string of the molecule is CC(C)(C)CC(=O)Nc1onc(-c2nccs2)c1C(N)=O. The van der Waals surface area contributed by atoms with E-state index < -0.39 is 5.91 Å². The molecule has 7 nitrogen and oxygen atoms in total. The summed E-state index contributed by atoms with van der Waals surface area (Å²) in [5.41, 5.74) is 5.44. The second-order valence-corrected chi connectivity index (χ2v) is 6.62. The van der Waals surface area contributed by atoms with Crippen molar-refractivity contribution < 1.29 is 14.1 Å². The Kier molecular flexibility index (Phi) is 4.08. The minimum absolute atomic E-state index is 0.0345. The Morgan fingerprint density at radius 2 is 2.14 bits per heavy atom. The number of thiazole rings is 1. The van der Waals surface area contributed by atoms with E-state index in [0.29, 0.717) is 5.01 Å². The monoisotopic (exact) mass is 308 g/mol. The van der Waals surface area contributed by atoms with Crippen molar-refractivity contribution in [1.29, 1.82) is 0 Å². The van der Waals surface area contributed by atoms with Gasteiger partial charge in [-0.3, -0.25) is 14.9 Å². The van der Waals surface area contributed by atoms with Crippen LogP contribution >= 0.6 is 11.3 Å². The highest BCUT2D eigenvalue weighted by Crippen LogP contribution is 2.30. The van der Waals surface area contributed by atoms with Crippen molar-refractivity contribution in [2.75, 3.05) is 5.32 Å². The van der Waals surface area contributed by atoms with E-state index in [1.807, 2.05) is 20.8 Å². The van der Waals surface area contributed by atoms with Crippen LogP contribution in [0.1, 0.15) is 37.6 Å². The molecule has 0 aliphatic rings. The minimum Gasteiger partial charge on any atom is -0.365 e. The average molecular weight is 308 g/mol. The lowest BCUT2D eigenvalue weighted by molar-refractivity contribution is -0.117. The second-order valence-electron chi connectivity index (χ2n) is 5.72. The van der Waals surface area contributed by atoms with E-state index in [1.54, 1.807) is 11.6 Å². The highest BCUT2D eigenvalue weighted by Gasteiger charge is 2.26. The fourth-order valence-corrected chi connectivity index (χ4v) is 2.37. The van der Waals surface area contributed by atoms with Crippen LogP contribution in [0.3, 0.4) is 0 Å².